The summed E-state index contributed by atoms with van der Waals surface area (Å²) in [5.41, 5.74) is 2.02. The Labute approximate surface area is 174 Å². The molecule has 7 atom stereocenters. The Morgan fingerprint density at radius 2 is 1.77 bits per heavy atom. The van der Waals surface area contributed by atoms with Gasteiger partial charge in [-0.1, -0.05) is 6.07 Å². The van der Waals surface area contributed by atoms with Gasteiger partial charge in [0.15, 0.2) is 12.1 Å². The summed E-state index contributed by atoms with van der Waals surface area (Å²) in [7, 11) is 0. The monoisotopic (exact) mass is 426 g/mol. The van der Waals surface area contributed by atoms with Gasteiger partial charge in [0, 0.05) is 5.56 Å². The van der Waals surface area contributed by atoms with Crippen molar-refractivity contribution in [3.8, 4) is 0 Å². The van der Waals surface area contributed by atoms with E-state index in [1.165, 1.54) is 6.92 Å². The fourth-order valence-electron chi connectivity index (χ4n) is 4.35. The molecule has 1 heterocycles. The molecular weight excluding hydrogens is 396 g/mol. The summed E-state index contributed by atoms with van der Waals surface area (Å²) in [5, 5.41) is 59.2. The second kappa shape index (κ2) is 8.60. The Kier molecular flexibility index (Phi) is 6.66. The van der Waals surface area contributed by atoms with E-state index in [1.807, 2.05) is 6.92 Å². The van der Waals surface area contributed by atoms with Gasteiger partial charge in [-0.2, -0.15) is 0 Å². The first-order valence-electron chi connectivity index (χ1n) is 9.97. The average Bonchev–Trinajstić information content (AvgIpc) is 2.91. The van der Waals surface area contributed by atoms with Crippen LogP contribution in [0.5, 0.6) is 0 Å². The van der Waals surface area contributed by atoms with Crippen molar-refractivity contribution in [3.05, 3.63) is 33.9 Å². The topological polar surface area (TPSA) is 157 Å². The van der Waals surface area contributed by atoms with Crippen molar-refractivity contribution in [2.24, 2.45) is 5.41 Å². The van der Waals surface area contributed by atoms with E-state index in [0.717, 1.165) is 11.1 Å². The van der Waals surface area contributed by atoms with Crippen LogP contribution in [0.15, 0.2) is 6.07 Å². The smallest absolute Gasteiger partial charge is 0.186 e. The Morgan fingerprint density at radius 3 is 2.37 bits per heavy atom. The van der Waals surface area contributed by atoms with E-state index in [2.05, 4.69) is 0 Å². The number of benzene rings is 1. The zero-order valence-electron chi connectivity index (χ0n) is 17.3. The lowest BCUT2D eigenvalue weighted by Crippen LogP contribution is -2.59. The molecule has 1 aromatic rings. The number of aryl methyl sites for hydroxylation is 1. The fourth-order valence-corrected chi connectivity index (χ4v) is 4.35. The minimum atomic E-state index is -1.51. The molecule has 1 aromatic carbocycles. The lowest BCUT2D eigenvalue weighted by atomic mass is 9.84. The number of ketones is 1. The molecule has 0 radical (unpaired) electrons. The van der Waals surface area contributed by atoms with Gasteiger partial charge in [-0.05, 0) is 49.4 Å². The quantitative estimate of drug-likeness (QED) is 0.332. The number of hydrogen-bond donors (Lipinski definition) is 6. The van der Waals surface area contributed by atoms with E-state index in [-0.39, 0.29) is 12.4 Å². The summed E-state index contributed by atoms with van der Waals surface area (Å²) in [6, 6.07) is 1.75. The summed E-state index contributed by atoms with van der Waals surface area (Å²) >= 11 is 0. The van der Waals surface area contributed by atoms with Crippen molar-refractivity contribution in [3.63, 3.8) is 0 Å². The van der Waals surface area contributed by atoms with Crippen LogP contribution in [-0.2, 0) is 15.9 Å². The standard InChI is InChI=1S/C21H30O9/c1-9-6-12-14(19(28)21(3,8-23)18(12)27)10(2)11(9)4-5-29-20-17(26)16(25)15(24)13(7-22)30-20/h6,13,15-18,20,22-27H,4-5,7-8H2,1-3H3. The maximum atomic E-state index is 12.9. The predicted molar refractivity (Wildman–Crippen MR) is 104 cm³/mol. The van der Waals surface area contributed by atoms with Gasteiger partial charge in [0.05, 0.1) is 31.3 Å². The maximum absolute atomic E-state index is 12.9. The Balaban J connectivity index is 1.76. The molecule has 0 spiro atoms. The molecule has 2 aliphatic rings. The Morgan fingerprint density at radius 1 is 1.10 bits per heavy atom. The van der Waals surface area contributed by atoms with Crippen molar-refractivity contribution in [2.75, 3.05) is 19.8 Å². The summed E-state index contributed by atoms with van der Waals surface area (Å²) < 4.78 is 10.9. The van der Waals surface area contributed by atoms with E-state index in [4.69, 9.17) is 9.47 Å². The Bertz CT molecular complexity index is 808. The number of ether oxygens (including phenoxy) is 2. The highest BCUT2D eigenvalue weighted by Crippen LogP contribution is 2.47. The lowest BCUT2D eigenvalue weighted by molar-refractivity contribution is -0.300. The third-order valence-electron chi connectivity index (χ3n) is 6.42. The lowest BCUT2D eigenvalue weighted by Gasteiger charge is -2.39. The van der Waals surface area contributed by atoms with Gasteiger partial charge >= 0.3 is 0 Å². The minimum Gasteiger partial charge on any atom is -0.395 e. The van der Waals surface area contributed by atoms with Crippen LogP contribution >= 0.6 is 0 Å². The molecule has 0 saturated carbocycles. The average molecular weight is 426 g/mol. The zero-order valence-corrected chi connectivity index (χ0v) is 17.3. The van der Waals surface area contributed by atoms with Gasteiger partial charge in [0.1, 0.15) is 24.4 Å². The molecule has 3 rings (SSSR count). The SMILES string of the molecule is Cc1cc2c(c(C)c1CCOC1OC(CO)C(O)C(O)C1O)C(=O)C(C)(CO)C2O. The van der Waals surface area contributed by atoms with Crippen molar-refractivity contribution in [1.29, 1.82) is 0 Å². The molecule has 1 saturated heterocycles. The molecule has 6 N–H and O–H groups in total. The number of rotatable bonds is 6. The molecule has 9 heteroatoms. The zero-order chi connectivity index (χ0) is 22.4. The number of fused-ring (bicyclic) bond motifs is 1. The molecule has 0 aromatic heterocycles. The van der Waals surface area contributed by atoms with Crippen LogP contribution in [0.2, 0.25) is 0 Å². The molecule has 9 nitrogen and oxygen atoms in total. The molecular formula is C21H30O9. The molecule has 30 heavy (non-hydrogen) atoms. The van der Waals surface area contributed by atoms with Gasteiger partial charge in [0.25, 0.3) is 0 Å². The first-order valence-corrected chi connectivity index (χ1v) is 9.97. The normalized spacial score (nSPS) is 36.2. The number of hydrogen-bond acceptors (Lipinski definition) is 9. The number of Topliss-reactive ketones (excluding diaryl/α,β-unsaturated/α-hetero) is 1. The van der Waals surface area contributed by atoms with Gasteiger partial charge in [-0.3, -0.25) is 4.79 Å². The maximum Gasteiger partial charge on any atom is 0.186 e. The molecule has 168 valence electrons. The Hall–Kier alpha value is -1.43. The molecule has 0 bridgehead atoms. The van der Waals surface area contributed by atoms with E-state index in [0.29, 0.717) is 23.1 Å². The predicted octanol–water partition coefficient (Wildman–Crippen LogP) is -1.11. The number of carbonyl (C=O) groups is 1. The number of aliphatic hydroxyl groups is 6. The largest absolute Gasteiger partial charge is 0.395 e. The van der Waals surface area contributed by atoms with Gasteiger partial charge in [-0.25, -0.2) is 0 Å². The highest BCUT2D eigenvalue weighted by atomic mass is 16.7. The van der Waals surface area contributed by atoms with E-state index < -0.39 is 55.4 Å². The fraction of sp³-hybridized carbons (Fsp3) is 0.667. The van der Waals surface area contributed by atoms with Crippen molar-refractivity contribution < 1.29 is 44.9 Å². The number of carbonyl (C=O) groups excluding carboxylic acids is 1. The molecule has 1 aliphatic carbocycles. The minimum absolute atomic E-state index is 0.0805. The summed E-state index contributed by atoms with van der Waals surface area (Å²) in [6.07, 6.45) is -7.44. The van der Waals surface area contributed by atoms with Crippen LogP contribution in [0, 0.1) is 19.3 Å². The summed E-state index contributed by atoms with van der Waals surface area (Å²) in [6.45, 7) is 4.25. The van der Waals surface area contributed by atoms with Gasteiger partial charge < -0.3 is 40.1 Å². The molecule has 0 amide bonds. The first-order chi connectivity index (χ1) is 14.1. The van der Waals surface area contributed by atoms with Gasteiger partial charge in [0.2, 0.25) is 0 Å². The molecule has 7 unspecified atom stereocenters. The van der Waals surface area contributed by atoms with Crippen molar-refractivity contribution >= 4 is 5.78 Å². The van der Waals surface area contributed by atoms with Crippen LogP contribution in [0.1, 0.15) is 45.6 Å². The third kappa shape index (κ3) is 3.59. The van der Waals surface area contributed by atoms with Crippen LogP contribution in [0.25, 0.3) is 0 Å². The van der Waals surface area contributed by atoms with E-state index in [9.17, 15) is 35.4 Å². The van der Waals surface area contributed by atoms with Crippen LogP contribution in [0.4, 0.5) is 0 Å². The highest BCUT2D eigenvalue weighted by Gasteiger charge is 2.50. The van der Waals surface area contributed by atoms with Crippen molar-refractivity contribution in [2.45, 2.75) is 64.0 Å². The van der Waals surface area contributed by atoms with E-state index in [1.54, 1.807) is 13.0 Å². The molecule has 1 fully saturated rings. The van der Waals surface area contributed by atoms with Gasteiger partial charge in [-0.15, -0.1) is 0 Å². The van der Waals surface area contributed by atoms with E-state index >= 15 is 0 Å². The molecule has 1 aliphatic heterocycles. The second-order valence-corrected chi connectivity index (χ2v) is 8.39. The van der Waals surface area contributed by atoms with Crippen LogP contribution < -0.4 is 0 Å². The summed E-state index contributed by atoms with van der Waals surface area (Å²) in [5.74, 6) is -0.305. The van der Waals surface area contributed by atoms with Crippen LogP contribution in [-0.4, -0.2) is 86.9 Å². The highest BCUT2D eigenvalue weighted by molar-refractivity contribution is 6.07. The van der Waals surface area contributed by atoms with Crippen molar-refractivity contribution in [1.82, 2.24) is 0 Å². The third-order valence-corrected chi connectivity index (χ3v) is 6.42. The summed E-state index contributed by atoms with van der Waals surface area (Å²) in [4.78, 5) is 12.9. The first kappa shape index (κ1) is 23.2. The van der Waals surface area contributed by atoms with Crippen LogP contribution in [0.3, 0.4) is 0 Å². The number of aliphatic hydroxyl groups excluding tert-OH is 6. The second-order valence-electron chi connectivity index (χ2n) is 8.39.